The van der Waals surface area contributed by atoms with Gasteiger partial charge < -0.3 is 0 Å². The number of hydrogen-bond donors (Lipinski definition) is 1. The fraction of sp³-hybridized carbons (Fsp3) is 0.600. The molecule has 94 valence electrons. The number of rotatable bonds is 3. The largest absolute Gasteiger partial charge is 0.243 e. The Labute approximate surface area is 106 Å². The van der Waals surface area contributed by atoms with Crippen molar-refractivity contribution in [1.82, 2.24) is 14.7 Å². The molecule has 1 aliphatic carbocycles. The van der Waals surface area contributed by atoms with Crippen molar-refractivity contribution in [2.24, 2.45) is 0 Å². The first kappa shape index (κ1) is 12.7. The Morgan fingerprint density at radius 2 is 1.76 bits per heavy atom. The van der Waals surface area contributed by atoms with Crippen molar-refractivity contribution in [3.63, 3.8) is 0 Å². The smallest absolute Gasteiger partial charge is 0.225 e. The van der Waals surface area contributed by atoms with E-state index in [-0.39, 0.29) is 16.2 Å². The molecule has 7 heteroatoms. The summed E-state index contributed by atoms with van der Waals surface area (Å²) < 4.78 is 26.6. The third kappa shape index (κ3) is 3.37. The van der Waals surface area contributed by atoms with Crippen LogP contribution in [0.2, 0.25) is 5.28 Å². The Morgan fingerprint density at radius 3 is 2.35 bits per heavy atom. The van der Waals surface area contributed by atoms with Crippen molar-refractivity contribution in [2.45, 2.75) is 43.0 Å². The summed E-state index contributed by atoms with van der Waals surface area (Å²) >= 11 is 5.52. The zero-order chi connectivity index (χ0) is 12.3. The predicted octanol–water partition coefficient (Wildman–Crippen LogP) is 1.74. The maximum Gasteiger partial charge on any atom is 0.243 e. The lowest BCUT2D eigenvalue weighted by Gasteiger charge is -2.22. The monoisotopic (exact) mass is 275 g/mol. The van der Waals surface area contributed by atoms with Crippen molar-refractivity contribution >= 4 is 21.6 Å². The minimum absolute atomic E-state index is 0.0319. The second kappa shape index (κ2) is 5.29. The Kier molecular flexibility index (Phi) is 3.96. The molecule has 1 saturated carbocycles. The maximum atomic E-state index is 12.0. The van der Waals surface area contributed by atoms with Gasteiger partial charge in [0, 0.05) is 6.04 Å². The molecule has 0 radical (unpaired) electrons. The van der Waals surface area contributed by atoms with Crippen LogP contribution in [0.25, 0.3) is 0 Å². The van der Waals surface area contributed by atoms with Gasteiger partial charge in [-0.25, -0.2) is 23.1 Å². The van der Waals surface area contributed by atoms with Crippen LogP contribution < -0.4 is 4.72 Å². The first-order chi connectivity index (χ1) is 8.08. The van der Waals surface area contributed by atoms with Gasteiger partial charge in [-0.2, -0.15) is 0 Å². The van der Waals surface area contributed by atoms with Crippen LogP contribution in [-0.4, -0.2) is 24.4 Å². The minimum Gasteiger partial charge on any atom is -0.225 e. The molecule has 5 nitrogen and oxygen atoms in total. The zero-order valence-electron chi connectivity index (χ0n) is 9.26. The number of sulfonamides is 1. The molecule has 0 spiro atoms. The molecule has 1 aromatic rings. The van der Waals surface area contributed by atoms with Crippen molar-refractivity contribution in [3.8, 4) is 0 Å². The van der Waals surface area contributed by atoms with Crippen LogP contribution in [0, 0.1) is 0 Å². The van der Waals surface area contributed by atoms with Crippen LogP contribution in [0.4, 0.5) is 0 Å². The Morgan fingerprint density at radius 1 is 1.18 bits per heavy atom. The average molecular weight is 276 g/mol. The van der Waals surface area contributed by atoms with E-state index in [2.05, 4.69) is 14.7 Å². The quantitative estimate of drug-likeness (QED) is 0.853. The molecule has 2 rings (SSSR count). The molecule has 0 bridgehead atoms. The zero-order valence-corrected chi connectivity index (χ0v) is 10.8. The Hall–Kier alpha value is -0.720. The highest BCUT2D eigenvalue weighted by Gasteiger charge is 2.22. The lowest BCUT2D eigenvalue weighted by atomic mass is 9.96. The van der Waals surface area contributed by atoms with E-state index in [1.807, 2.05) is 0 Å². The van der Waals surface area contributed by atoms with Crippen LogP contribution in [0.5, 0.6) is 0 Å². The van der Waals surface area contributed by atoms with Gasteiger partial charge in [-0.15, -0.1) is 0 Å². The second-order valence-corrected chi connectivity index (χ2v) is 6.20. The molecule has 1 N–H and O–H groups in total. The van der Waals surface area contributed by atoms with Gasteiger partial charge in [-0.3, -0.25) is 0 Å². The van der Waals surface area contributed by atoms with E-state index in [0.29, 0.717) is 0 Å². The van der Waals surface area contributed by atoms with Crippen molar-refractivity contribution in [3.05, 3.63) is 17.7 Å². The molecule has 1 aliphatic rings. The van der Waals surface area contributed by atoms with Gasteiger partial charge in [0.2, 0.25) is 15.3 Å². The van der Waals surface area contributed by atoms with E-state index < -0.39 is 10.0 Å². The van der Waals surface area contributed by atoms with Gasteiger partial charge in [-0.05, 0) is 24.4 Å². The highest BCUT2D eigenvalue weighted by atomic mass is 35.5. The lowest BCUT2D eigenvalue weighted by molar-refractivity contribution is 0.412. The molecule has 1 heterocycles. The molecule has 1 aromatic heterocycles. The number of halogens is 1. The highest BCUT2D eigenvalue weighted by molar-refractivity contribution is 7.89. The van der Waals surface area contributed by atoms with E-state index in [9.17, 15) is 8.42 Å². The third-order valence-electron chi connectivity index (χ3n) is 2.83. The van der Waals surface area contributed by atoms with Crippen molar-refractivity contribution < 1.29 is 8.42 Å². The predicted molar refractivity (Wildman–Crippen MR) is 64.2 cm³/mol. The summed E-state index contributed by atoms with van der Waals surface area (Å²) in [6.07, 6.45) is 7.57. The first-order valence-corrected chi connectivity index (χ1v) is 7.44. The summed E-state index contributed by atoms with van der Waals surface area (Å²) in [5.41, 5.74) is 0. The molecule has 0 saturated heterocycles. The van der Waals surface area contributed by atoms with Crippen molar-refractivity contribution in [2.75, 3.05) is 0 Å². The third-order valence-corrected chi connectivity index (χ3v) is 4.50. The number of nitrogens with one attached hydrogen (secondary N) is 1. The van der Waals surface area contributed by atoms with Gasteiger partial charge in [0.1, 0.15) is 4.90 Å². The normalized spacial score (nSPS) is 18.2. The molecule has 0 aliphatic heterocycles. The summed E-state index contributed by atoms with van der Waals surface area (Å²) in [7, 11) is -3.51. The first-order valence-electron chi connectivity index (χ1n) is 5.58. The Balaban J connectivity index is 2.10. The summed E-state index contributed by atoms with van der Waals surface area (Å²) in [5.74, 6) is 0. The van der Waals surface area contributed by atoms with Gasteiger partial charge in [0.05, 0.1) is 12.4 Å². The van der Waals surface area contributed by atoms with Gasteiger partial charge >= 0.3 is 0 Å². The van der Waals surface area contributed by atoms with E-state index in [0.717, 1.165) is 25.7 Å². The number of aromatic nitrogens is 2. The van der Waals surface area contributed by atoms with E-state index in [4.69, 9.17) is 11.6 Å². The van der Waals surface area contributed by atoms with E-state index in [1.54, 1.807) is 0 Å². The summed E-state index contributed by atoms with van der Waals surface area (Å²) in [4.78, 5) is 7.41. The standard InChI is InChI=1S/C10H14ClN3O2S/c11-10-12-6-9(7-13-10)17(15,16)14-8-4-2-1-3-5-8/h6-8,14H,1-5H2. The van der Waals surface area contributed by atoms with E-state index in [1.165, 1.54) is 18.8 Å². The minimum atomic E-state index is -3.51. The van der Waals surface area contributed by atoms with Crippen LogP contribution in [0.3, 0.4) is 0 Å². The van der Waals surface area contributed by atoms with Crippen LogP contribution in [0.15, 0.2) is 17.3 Å². The fourth-order valence-corrected chi connectivity index (χ4v) is 3.24. The molecule has 1 fully saturated rings. The molecular formula is C10H14ClN3O2S. The summed E-state index contributed by atoms with van der Waals surface area (Å²) in [6.45, 7) is 0. The molecule has 0 unspecified atom stereocenters. The SMILES string of the molecule is O=S(=O)(NC1CCCCC1)c1cnc(Cl)nc1. The molecule has 0 aromatic carbocycles. The highest BCUT2D eigenvalue weighted by Crippen LogP contribution is 2.19. The van der Waals surface area contributed by atoms with Crippen molar-refractivity contribution in [1.29, 1.82) is 0 Å². The topological polar surface area (TPSA) is 72.0 Å². The van der Waals surface area contributed by atoms with Crippen LogP contribution >= 0.6 is 11.6 Å². The molecule has 0 atom stereocenters. The fourth-order valence-electron chi connectivity index (χ4n) is 1.95. The van der Waals surface area contributed by atoms with Crippen LogP contribution in [0.1, 0.15) is 32.1 Å². The van der Waals surface area contributed by atoms with Crippen LogP contribution in [-0.2, 0) is 10.0 Å². The van der Waals surface area contributed by atoms with E-state index >= 15 is 0 Å². The summed E-state index contributed by atoms with van der Waals surface area (Å²) in [5, 5.41) is 0.0432. The number of hydrogen-bond acceptors (Lipinski definition) is 4. The second-order valence-electron chi connectivity index (χ2n) is 4.14. The molecule has 17 heavy (non-hydrogen) atoms. The molecular weight excluding hydrogens is 262 g/mol. The molecule has 0 amide bonds. The average Bonchev–Trinajstić information content (AvgIpc) is 2.30. The lowest BCUT2D eigenvalue weighted by Crippen LogP contribution is -2.36. The van der Waals surface area contributed by atoms with Gasteiger partial charge in [-0.1, -0.05) is 19.3 Å². The summed E-state index contributed by atoms with van der Waals surface area (Å²) in [6, 6.07) is 0.0319. The Bertz CT molecular complexity index is 469. The maximum absolute atomic E-state index is 12.0. The van der Waals surface area contributed by atoms with Gasteiger partial charge in [0.15, 0.2) is 0 Å². The van der Waals surface area contributed by atoms with Gasteiger partial charge in [0.25, 0.3) is 0 Å². The number of nitrogens with zero attached hydrogens (tertiary/aromatic N) is 2.